The van der Waals surface area contributed by atoms with Gasteiger partial charge in [-0.25, -0.2) is 28.2 Å². The standard InChI is InChI=1S/C30H33ClN6O4S/c1-4-19-15-20(24-13-14-27(33-18(24)2)36-42(40,41)26-8-6-5-7-25(26)31)16-21-17-32-29(35-28(19)21)34-22-9-11-23(12-10-22)37(3)30(38)39/h5-8,13-17,22-23H,4,9-12H2,1-3H3,(H,33,36)(H,38,39)(H,32,34,35)/t22-,23-. The molecule has 10 nitrogen and oxygen atoms in total. The lowest BCUT2D eigenvalue weighted by molar-refractivity contribution is 0.125. The number of aryl methyl sites for hydroxylation is 2. The van der Waals surface area contributed by atoms with Crippen molar-refractivity contribution >= 4 is 50.4 Å². The zero-order valence-corrected chi connectivity index (χ0v) is 25.2. The predicted molar refractivity (Wildman–Crippen MR) is 165 cm³/mol. The zero-order valence-electron chi connectivity index (χ0n) is 23.6. The third-order valence-electron chi connectivity index (χ3n) is 7.78. The molecule has 1 fully saturated rings. The van der Waals surface area contributed by atoms with Gasteiger partial charge in [0.15, 0.2) is 0 Å². The van der Waals surface area contributed by atoms with Crippen LogP contribution in [-0.2, 0) is 16.4 Å². The van der Waals surface area contributed by atoms with E-state index in [1.54, 1.807) is 25.2 Å². The number of carbonyl (C=O) groups is 1. The molecule has 1 aliphatic rings. The molecule has 0 spiro atoms. The highest BCUT2D eigenvalue weighted by Gasteiger charge is 2.27. The Morgan fingerprint density at radius 1 is 1.10 bits per heavy atom. The van der Waals surface area contributed by atoms with E-state index < -0.39 is 16.1 Å². The molecule has 4 aromatic rings. The number of carboxylic acid groups (broad SMARTS) is 1. The number of halogens is 1. The topological polar surface area (TPSA) is 137 Å². The number of sulfonamides is 1. The molecule has 0 radical (unpaired) electrons. The van der Waals surface area contributed by atoms with E-state index in [4.69, 9.17) is 16.6 Å². The average Bonchev–Trinajstić information content (AvgIpc) is 2.96. The summed E-state index contributed by atoms with van der Waals surface area (Å²) in [7, 11) is -2.27. The average molecular weight is 609 g/mol. The van der Waals surface area contributed by atoms with E-state index in [0.717, 1.165) is 59.7 Å². The van der Waals surface area contributed by atoms with Crippen LogP contribution in [0.4, 0.5) is 16.6 Å². The van der Waals surface area contributed by atoms with Crippen LogP contribution in [0.15, 0.2) is 59.6 Å². The van der Waals surface area contributed by atoms with Crippen molar-refractivity contribution in [2.24, 2.45) is 0 Å². The first-order chi connectivity index (χ1) is 20.1. The predicted octanol–water partition coefficient (Wildman–Crippen LogP) is 6.35. The summed E-state index contributed by atoms with van der Waals surface area (Å²) in [5.41, 5.74) is 4.40. The van der Waals surface area contributed by atoms with E-state index in [-0.39, 0.29) is 27.8 Å². The van der Waals surface area contributed by atoms with E-state index in [0.29, 0.717) is 11.6 Å². The van der Waals surface area contributed by atoms with Crippen LogP contribution < -0.4 is 10.0 Å². The van der Waals surface area contributed by atoms with Crippen molar-refractivity contribution in [1.29, 1.82) is 0 Å². The number of amides is 1. The van der Waals surface area contributed by atoms with Crippen molar-refractivity contribution in [3.8, 4) is 11.1 Å². The minimum atomic E-state index is -3.90. The number of benzene rings is 2. The maximum absolute atomic E-state index is 12.9. The number of hydrogen-bond donors (Lipinski definition) is 3. The highest BCUT2D eigenvalue weighted by atomic mass is 35.5. The number of aromatic nitrogens is 3. The molecule has 3 N–H and O–H groups in total. The van der Waals surface area contributed by atoms with Crippen molar-refractivity contribution in [2.75, 3.05) is 17.1 Å². The van der Waals surface area contributed by atoms with E-state index >= 15 is 0 Å². The largest absolute Gasteiger partial charge is 0.465 e. The van der Waals surface area contributed by atoms with Crippen molar-refractivity contribution in [2.45, 2.75) is 62.9 Å². The number of rotatable bonds is 8. The summed E-state index contributed by atoms with van der Waals surface area (Å²) in [4.78, 5) is 26.6. The monoisotopic (exact) mass is 608 g/mol. The summed E-state index contributed by atoms with van der Waals surface area (Å²) in [5.74, 6) is 0.767. The fourth-order valence-corrected chi connectivity index (χ4v) is 6.96. The quantitative estimate of drug-likeness (QED) is 0.210. The molecule has 1 saturated carbocycles. The fraction of sp³-hybridized carbons (Fsp3) is 0.333. The molecule has 42 heavy (non-hydrogen) atoms. The molecule has 12 heteroatoms. The Morgan fingerprint density at radius 2 is 1.83 bits per heavy atom. The Morgan fingerprint density at radius 3 is 2.50 bits per heavy atom. The molecule has 0 bridgehead atoms. The van der Waals surface area contributed by atoms with Gasteiger partial charge in [-0.3, -0.25) is 4.72 Å². The summed E-state index contributed by atoms with van der Waals surface area (Å²) in [5, 5.41) is 13.7. The molecule has 0 unspecified atom stereocenters. The van der Waals surface area contributed by atoms with Gasteiger partial charge in [-0.15, -0.1) is 0 Å². The van der Waals surface area contributed by atoms with Gasteiger partial charge in [-0.05, 0) is 86.6 Å². The molecule has 2 heterocycles. The molecular formula is C30H33ClN6O4S. The second kappa shape index (κ2) is 12.1. The van der Waals surface area contributed by atoms with Crippen LogP contribution in [-0.4, -0.2) is 58.6 Å². The van der Waals surface area contributed by atoms with Crippen molar-refractivity contribution in [1.82, 2.24) is 19.9 Å². The maximum atomic E-state index is 12.9. The van der Waals surface area contributed by atoms with Gasteiger partial charge in [0.1, 0.15) is 10.7 Å². The zero-order chi connectivity index (χ0) is 30.0. The summed E-state index contributed by atoms with van der Waals surface area (Å²) < 4.78 is 28.2. The van der Waals surface area contributed by atoms with Crippen molar-refractivity contribution in [3.63, 3.8) is 0 Å². The van der Waals surface area contributed by atoms with Crippen LogP contribution in [0, 0.1) is 6.92 Å². The lowest BCUT2D eigenvalue weighted by Gasteiger charge is -2.33. The van der Waals surface area contributed by atoms with Crippen LogP contribution in [0.25, 0.3) is 22.0 Å². The second-order valence-electron chi connectivity index (χ2n) is 10.5. The molecular weight excluding hydrogens is 576 g/mol. The lowest BCUT2D eigenvalue weighted by atomic mass is 9.90. The Balaban J connectivity index is 1.35. The molecule has 0 aliphatic heterocycles. The first-order valence-corrected chi connectivity index (χ1v) is 15.7. The van der Waals surface area contributed by atoms with E-state index in [1.807, 2.05) is 25.3 Å². The Labute approximate surface area is 250 Å². The van der Waals surface area contributed by atoms with Gasteiger partial charge in [0.2, 0.25) is 5.95 Å². The van der Waals surface area contributed by atoms with Gasteiger partial charge in [-0.1, -0.05) is 30.7 Å². The third-order valence-corrected chi connectivity index (χ3v) is 9.64. The van der Waals surface area contributed by atoms with Crippen LogP contribution in [0.5, 0.6) is 0 Å². The summed E-state index contributed by atoms with van der Waals surface area (Å²) in [6.07, 6.45) is 4.97. The molecule has 0 atom stereocenters. The smallest absolute Gasteiger partial charge is 0.407 e. The number of anilines is 2. The number of fused-ring (bicyclic) bond motifs is 1. The molecule has 220 valence electrons. The molecule has 5 rings (SSSR count). The van der Waals surface area contributed by atoms with Crippen LogP contribution in [0.3, 0.4) is 0 Å². The molecule has 2 aromatic carbocycles. The summed E-state index contributed by atoms with van der Waals surface area (Å²) in [6.45, 7) is 3.91. The number of nitrogens with zero attached hydrogens (tertiary/aromatic N) is 4. The van der Waals surface area contributed by atoms with E-state index in [9.17, 15) is 18.3 Å². The maximum Gasteiger partial charge on any atom is 0.407 e. The fourth-order valence-electron chi connectivity index (χ4n) is 5.44. The Kier molecular flexibility index (Phi) is 8.51. The summed E-state index contributed by atoms with van der Waals surface area (Å²) >= 11 is 6.10. The van der Waals surface area contributed by atoms with Crippen molar-refractivity contribution < 1.29 is 18.3 Å². The highest BCUT2D eigenvalue weighted by molar-refractivity contribution is 7.92. The number of hydrogen-bond acceptors (Lipinski definition) is 7. The van der Waals surface area contributed by atoms with Gasteiger partial charge in [0, 0.05) is 42.0 Å². The summed E-state index contributed by atoms with van der Waals surface area (Å²) in [6, 6.07) is 14.1. The SMILES string of the molecule is CCc1cc(-c2ccc(NS(=O)(=O)c3ccccc3Cl)nc2C)cc2cnc(N[C@H]3CC[C@H](N(C)C(=O)O)CC3)nc12. The Bertz CT molecular complexity index is 1740. The van der Waals surface area contributed by atoms with Crippen molar-refractivity contribution in [3.05, 3.63) is 71.0 Å². The lowest BCUT2D eigenvalue weighted by Crippen LogP contribution is -2.41. The van der Waals surface area contributed by atoms with Gasteiger partial charge in [-0.2, -0.15) is 0 Å². The van der Waals surface area contributed by atoms with Gasteiger partial charge in [0.05, 0.1) is 10.5 Å². The minimum Gasteiger partial charge on any atom is -0.465 e. The second-order valence-corrected chi connectivity index (χ2v) is 12.6. The van der Waals surface area contributed by atoms with Crippen LogP contribution >= 0.6 is 11.6 Å². The minimum absolute atomic E-state index is 0.00959. The van der Waals surface area contributed by atoms with E-state index in [1.165, 1.54) is 17.0 Å². The molecule has 1 amide bonds. The van der Waals surface area contributed by atoms with Crippen LogP contribution in [0.2, 0.25) is 5.02 Å². The normalized spacial score (nSPS) is 17.1. The third kappa shape index (κ3) is 6.27. The van der Waals surface area contributed by atoms with E-state index in [2.05, 4.69) is 33.0 Å². The highest BCUT2D eigenvalue weighted by Crippen LogP contribution is 2.31. The first-order valence-electron chi connectivity index (χ1n) is 13.8. The van der Waals surface area contributed by atoms with Gasteiger partial charge < -0.3 is 15.3 Å². The number of pyridine rings is 1. The van der Waals surface area contributed by atoms with Crippen LogP contribution in [0.1, 0.15) is 43.9 Å². The van der Waals surface area contributed by atoms with Gasteiger partial charge >= 0.3 is 6.09 Å². The number of nitrogens with one attached hydrogen (secondary N) is 2. The first kappa shape index (κ1) is 29.5. The molecule has 1 aliphatic carbocycles. The Hall–Kier alpha value is -3.96. The molecule has 0 saturated heterocycles. The molecule has 2 aromatic heterocycles. The van der Waals surface area contributed by atoms with Gasteiger partial charge in [0.25, 0.3) is 10.0 Å².